The zero-order chi connectivity index (χ0) is 12.8. The van der Waals surface area contributed by atoms with Gasteiger partial charge in [-0.1, -0.05) is 25.4 Å². The Balaban J connectivity index is 2.79. The summed E-state index contributed by atoms with van der Waals surface area (Å²) >= 11 is 6.10. The quantitative estimate of drug-likeness (QED) is 0.796. The SMILES string of the molecule is COCCC(C)Nc1ncnc(Cl)c1C(C)C. The van der Waals surface area contributed by atoms with E-state index in [0.717, 1.165) is 24.4 Å². The standard InChI is InChI=1S/C12H20ClN3O/c1-8(2)10-11(13)14-7-15-12(10)16-9(3)5-6-17-4/h7-9H,5-6H2,1-4H3,(H,14,15,16). The van der Waals surface area contributed by atoms with Gasteiger partial charge in [-0.2, -0.15) is 0 Å². The zero-order valence-electron chi connectivity index (χ0n) is 10.8. The van der Waals surface area contributed by atoms with E-state index >= 15 is 0 Å². The number of hydrogen-bond acceptors (Lipinski definition) is 4. The molecule has 0 radical (unpaired) electrons. The summed E-state index contributed by atoms with van der Waals surface area (Å²) in [5.74, 6) is 1.12. The Bertz CT molecular complexity index is 358. The second-order valence-corrected chi connectivity index (χ2v) is 4.77. The minimum absolute atomic E-state index is 0.290. The summed E-state index contributed by atoms with van der Waals surface area (Å²) in [6.45, 7) is 6.98. The van der Waals surface area contributed by atoms with Gasteiger partial charge in [-0.3, -0.25) is 0 Å². The molecule has 0 saturated heterocycles. The monoisotopic (exact) mass is 257 g/mol. The Hall–Kier alpha value is -0.870. The number of rotatable bonds is 6. The molecule has 1 aromatic rings. The van der Waals surface area contributed by atoms with Crippen LogP contribution in [-0.4, -0.2) is 29.7 Å². The maximum absolute atomic E-state index is 6.10. The third-order valence-electron chi connectivity index (χ3n) is 2.55. The minimum atomic E-state index is 0.290. The van der Waals surface area contributed by atoms with Crippen molar-refractivity contribution in [1.82, 2.24) is 9.97 Å². The normalized spacial score (nSPS) is 12.8. The van der Waals surface area contributed by atoms with Gasteiger partial charge in [0.25, 0.3) is 0 Å². The molecule has 0 spiro atoms. The summed E-state index contributed by atoms with van der Waals surface area (Å²) < 4.78 is 5.05. The number of nitrogens with zero attached hydrogens (tertiary/aromatic N) is 2. The highest BCUT2D eigenvalue weighted by Crippen LogP contribution is 2.28. The molecule has 1 N–H and O–H groups in total. The van der Waals surface area contributed by atoms with Gasteiger partial charge in [0.2, 0.25) is 0 Å². The maximum atomic E-state index is 6.10. The summed E-state index contributed by atoms with van der Waals surface area (Å²) in [5.41, 5.74) is 0.971. The van der Waals surface area contributed by atoms with Gasteiger partial charge in [0.15, 0.2) is 0 Å². The molecule has 0 bridgehead atoms. The lowest BCUT2D eigenvalue weighted by Gasteiger charge is -2.18. The predicted octanol–water partition coefficient (Wildman–Crippen LogP) is 3.09. The highest BCUT2D eigenvalue weighted by atomic mass is 35.5. The Morgan fingerprint density at radius 3 is 2.65 bits per heavy atom. The maximum Gasteiger partial charge on any atom is 0.138 e. The van der Waals surface area contributed by atoms with Crippen LogP contribution in [0, 0.1) is 0 Å². The van der Waals surface area contributed by atoms with E-state index < -0.39 is 0 Å². The van der Waals surface area contributed by atoms with Crippen LogP contribution in [0.4, 0.5) is 5.82 Å². The summed E-state index contributed by atoms with van der Waals surface area (Å²) in [6, 6.07) is 0.290. The van der Waals surface area contributed by atoms with Gasteiger partial charge in [0, 0.05) is 25.3 Å². The fourth-order valence-corrected chi connectivity index (χ4v) is 1.95. The van der Waals surface area contributed by atoms with E-state index in [-0.39, 0.29) is 0 Å². The molecule has 0 aromatic carbocycles. The second-order valence-electron chi connectivity index (χ2n) is 4.41. The molecule has 1 unspecified atom stereocenters. The Kier molecular flexibility index (Phi) is 5.65. The first-order valence-corrected chi connectivity index (χ1v) is 6.20. The van der Waals surface area contributed by atoms with Gasteiger partial charge in [0.05, 0.1) is 0 Å². The molecule has 0 aliphatic heterocycles. The predicted molar refractivity (Wildman–Crippen MR) is 70.7 cm³/mol. The molecule has 1 aromatic heterocycles. The van der Waals surface area contributed by atoms with Crippen LogP contribution in [0.2, 0.25) is 5.15 Å². The van der Waals surface area contributed by atoms with Crippen LogP contribution in [-0.2, 0) is 4.74 Å². The molecule has 0 aliphatic rings. The number of nitrogens with one attached hydrogen (secondary N) is 1. The fraction of sp³-hybridized carbons (Fsp3) is 0.667. The van der Waals surface area contributed by atoms with Gasteiger partial charge in [-0.15, -0.1) is 0 Å². The third kappa shape index (κ3) is 4.13. The van der Waals surface area contributed by atoms with Gasteiger partial charge >= 0.3 is 0 Å². The smallest absolute Gasteiger partial charge is 0.138 e. The van der Waals surface area contributed by atoms with Gasteiger partial charge in [-0.05, 0) is 19.3 Å². The molecular weight excluding hydrogens is 238 g/mol. The molecule has 1 heterocycles. The van der Waals surface area contributed by atoms with Crippen molar-refractivity contribution in [3.8, 4) is 0 Å². The first kappa shape index (κ1) is 14.2. The van der Waals surface area contributed by atoms with Gasteiger partial charge in [-0.25, -0.2) is 9.97 Å². The molecule has 4 nitrogen and oxygen atoms in total. The average molecular weight is 258 g/mol. The summed E-state index contributed by atoms with van der Waals surface area (Å²) in [5, 5.41) is 3.88. The molecule has 0 amide bonds. The molecular formula is C12H20ClN3O. The van der Waals surface area contributed by atoms with E-state index in [2.05, 4.69) is 36.1 Å². The number of halogens is 1. The fourth-order valence-electron chi connectivity index (χ4n) is 1.60. The Morgan fingerprint density at radius 2 is 2.06 bits per heavy atom. The molecule has 17 heavy (non-hydrogen) atoms. The highest BCUT2D eigenvalue weighted by Gasteiger charge is 2.14. The van der Waals surface area contributed by atoms with Crippen LogP contribution >= 0.6 is 11.6 Å². The second kappa shape index (κ2) is 6.77. The lowest BCUT2D eigenvalue weighted by molar-refractivity contribution is 0.191. The van der Waals surface area contributed by atoms with Crippen molar-refractivity contribution in [3.63, 3.8) is 0 Å². The van der Waals surface area contributed by atoms with Crippen LogP contribution in [0.15, 0.2) is 6.33 Å². The van der Waals surface area contributed by atoms with Gasteiger partial charge < -0.3 is 10.1 Å². The van der Waals surface area contributed by atoms with Crippen LogP contribution < -0.4 is 5.32 Å². The molecule has 0 saturated carbocycles. The van der Waals surface area contributed by atoms with Crippen LogP contribution in [0.1, 0.15) is 38.7 Å². The Morgan fingerprint density at radius 1 is 1.35 bits per heavy atom. The third-order valence-corrected chi connectivity index (χ3v) is 2.85. The molecule has 0 fully saturated rings. The first-order valence-electron chi connectivity index (χ1n) is 5.82. The summed E-state index contributed by atoms with van der Waals surface area (Å²) in [6.07, 6.45) is 2.41. The van der Waals surface area contributed by atoms with Crippen molar-refractivity contribution in [2.75, 3.05) is 19.0 Å². The van der Waals surface area contributed by atoms with E-state index in [9.17, 15) is 0 Å². The Labute approximate surface area is 108 Å². The lowest BCUT2D eigenvalue weighted by atomic mass is 10.1. The van der Waals surface area contributed by atoms with Crippen LogP contribution in [0.25, 0.3) is 0 Å². The minimum Gasteiger partial charge on any atom is -0.385 e. The van der Waals surface area contributed by atoms with Crippen molar-refractivity contribution in [2.45, 2.75) is 39.2 Å². The number of ether oxygens (including phenoxy) is 1. The molecule has 1 atom stereocenters. The van der Waals surface area contributed by atoms with Crippen molar-refractivity contribution in [2.24, 2.45) is 0 Å². The van der Waals surface area contributed by atoms with Crippen molar-refractivity contribution in [1.29, 1.82) is 0 Å². The molecule has 5 heteroatoms. The summed E-state index contributed by atoms with van der Waals surface area (Å²) in [7, 11) is 1.70. The first-order chi connectivity index (χ1) is 8.06. The van der Waals surface area contributed by atoms with Crippen molar-refractivity contribution >= 4 is 17.4 Å². The number of methoxy groups -OCH3 is 1. The molecule has 1 rings (SSSR count). The largest absolute Gasteiger partial charge is 0.385 e. The van der Waals surface area contributed by atoms with E-state index in [4.69, 9.17) is 16.3 Å². The van der Waals surface area contributed by atoms with E-state index in [1.807, 2.05) is 0 Å². The van der Waals surface area contributed by atoms with Crippen LogP contribution in [0.5, 0.6) is 0 Å². The van der Waals surface area contributed by atoms with Crippen molar-refractivity contribution in [3.05, 3.63) is 17.0 Å². The zero-order valence-corrected chi connectivity index (χ0v) is 11.6. The van der Waals surface area contributed by atoms with Gasteiger partial charge in [0.1, 0.15) is 17.3 Å². The lowest BCUT2D eigenvalue weighted by Crippen LogP contribution is -2.19. The number of hydrogen-bond donors (Lipinski definition) is 1. The van der Waals surface area contributed by atoms with E-state index in [1.54, 1.807) is 7.11 Å². The average Bonchev–Trinajstić information content (AvgIpc) is 2.25. The summed E-state index contributed by atoms with van der Waals surface area (Å²) in [4.78, 5) is 8.28. The van der Waals surface area contributed by atoms with E-state index in [0.29, 0.717) is 17.1 Å². The highest BCUT2D eigenvalue weighted by molar-refractivity contribution is 6.30. The number of aromatic nitrogens is 2. The topological polar surface area (TPSA) is 47.0 Å². The van der Waals surface area contributed by atoms with E-state index in [1.165, 1.54) is 6.33 Å². The van der Waals surface area contributed by atoms with Crippen molar-refractivity contribution < 1.29 is 4.74 Å². The molecule has 96 valence electrons. The molecule has 0 aliphatic carbocycles. The van der Waals surface area contributed by atoms with Crippen LogP contribution in [0.3, 0.4) is 0 Å². The number of anilines is 1.